The Labute approximate surface area is 93.3 Å². The normalized spacial score (nSPS) is 10.3. The van der Waals surface area contributed by atoms with E-state index in [1.165, 1.54) is 6.07 Å². The molecule has 0 fully saturated rings. The largest absolute Gasteiger partial charge is 0.205 e. The van der Waals surface area contributed by atoms with E-state index < -0.39 is 5.82 Å². The smallest absolute Gasteiger partial charge is 0.141 e. The van der Waals surface area contributed by atoms with Gasteiger partial charge in [0.1, 0.15) is 5.82 Å². The summed E-state index contributed by atoms with van der Waals surface area (Å²) >= 11 is 5.71. The summed E-state index contributed by atoms with van der Waals surface area (Å²) in [5, 5.41) is 0.141. The van der Waals surface area contributed by atoms with Gasteiger partial charge >= 0.3 is 0 Å². The van der Waals surface area contributed by atoms with E-state index in [-0.39, 0.29) is 5.02 Å². The minimum absolute atomic E-state index is 0.141. The summed E-state index contributed by atoms with van der Waals surface area (Å²) < 4.78 is 12.9. The van der Waals surface area contributed by atoms with Crippen molar-refractivity contribution in [2.45, 2.75) is 0 Å². The monoisotopic (exact) mass is 219 g/mol. The third kappa shape index (κ3) is 2.18. The molecule has 15 heavy (non-hydrogen) atoms. The second-order valence-corrected chi connectivity index (χ2v) is 3.74. The Kier molecular flexibility index (Phi) is 2.74. The average Bonchev–Trinajstić information content (AvgIpc) is 2.22. The molecule has 2 heteroatoms. The molecule has 0 N–H and O–H groups in total. The van der Waals surface area contributed by atoms with Crippen LogP contribution in [-0.4, -0.2) is 0 Å². The fourth-order valence-electron chi connectivity index (χ4n) is 1.43. The first-order valence-corrected chi connectivity index (χ1v) is 4.92. The van der Waals surface area contributed by atoms with Crippen molar-refractivity contribution in [2.75, 3.05) is 0 Å². The van der Waals surface area contributed by atoms with Crippen LogP contribution in [0.5, 0.6) is 0 Å². The third-order valence-electron chi connectivity index (χ3n) is 2.18. The van der Waals surface area contributed by atoms with Crippen LogP contribution in [0.25, 0.3) is 11.1 Å². The lowest BCUT2D eigenvalue weighted by atomic mass is 10.0. The zero-order valence-electron chi connectivity index (χ0n) is 8.00. The maximum Gasteiger partial charge on any atom is 0.141 e. The van der Waals surface area contributed by atoms with Crippen molar-refractivity contribution < 1.29 is 4.39 Å². The zero-order valence-corrected chi connectivity index (χ0v) is 8.76. The van der Waals surface area contributed by atoms with E-state index in [1.807, 2.05) is 24.3 Å². The Morgan fingerprint density at radius 1 is 1.00 bits per heavy atom. The molecule has 0 aliphatic carbocycles. The van der Waals surface area contributed by atoms with Crippen molar-refractivity contribution in [1.82, 2.24) is 0 Å². The predicted octanol–water partition coefficient (Wildman–Crippen LogP) is 4.33. The Morgan fingerprint density at radius 3 is 2.40 bits per heavy atom. The summed E-state index contributed by atoms with van der Waals surface area (Å²) in [5.74, 6) is -0.397. The van der Waals surface area contributed by atoms with Gasteiger partial charge in [-0.2, -0.15) is 0 Å². The molecule has 0 atom stereocenters. The van der Waals surface area contributed by atoms with Crippen LogP contribution in [0.1, 0.15) is 5.56 Å². The maximum absolute atomic E-state index is 12.9. The van der Waals surface area contributed by atoms with Gasteiger partial charge in [0.05, 0.1) is 5.02 Å². The highest BCUT2D eigenvalue weighted by molar-refractivity contribution is 6.31. The van der Waals surface area contributed by atoms with Crippen molar-refractivity contribution in [3.63, 3.8) is 0 Å². The van der Waals surface area contributed by atoms with Crippen molar-refractivity contribution in [3.8, 4) is 11.1 Å². The number of rotatable bonds is 1. The summed E-state index contributed by atoms with van der Waals surface area (Å²) in [6.07, 6.45) is 0. The lowest BCUT2D eigenvalue weighted by Crippen LogP contribution is -1.82. The lowest BCUT2D eigenvalue weighted by Gasteiger charge is -2.03. The molecule has 75 valence electrons. The van der Waals surface area contributed by atoms with Gasteiger partial charge in [0.2, 0.25) is 0 Å². The number of hydrogen-bond acceptors (Lipinski definition) is 0. The quantitative estimate of drug-likeness (QED) is 0.670. The predicted molar refractivity (Wildman–Crippen MR) is 61.3 cm³/mol. The molecule has 0 aromatic heterocycles. The summed E-state index contributed by atoms with van der Waals surface area (Å²) in [6.45, 7) is 3.84. The molecule has 0 saturated carbocycles. The van der Waals surface area contributed by atoms with Crippen LogP contribution < -0.4 is 0 Å². The highest BCUT2D eigenvalue weighted by Gasteiger charge is 2.02. The number of hydrogen-bond donors (Lipinski definition) is 0. The van der Waals surface area contributed by atoms with E-state index in [0.717, 1.165) is 16.7 Å². The minimum Gasteiger partial charge on any atom is -0.205 e. The van der Waals surface area contributed by atoms with Gasteiger partial charge in [0.15, 0.2) is 0 Å². The van der Waals surface area contributed by atoms with E-state index >= 15 is 0 Å². The summed E-state index contributed by atoms with van der Waals surface area (Å²) in [4.78, 5) is 0. The van der Waals surface area contributed by atoms with Crippen molar-refractivity contribution in [1.29, 1.82) is 0 Å². The van der Waals surface area contributed by atoms with Crippen LogP contribution >= 0.6 is 11.6 Å². The molecule has 0 amide bonds. The van der Waals surface area contributed by atoms with Gasteiger partial charge in [-0.3, -0.25) is 0 Å². The fourth-order valence-corrected chi connectivity index (χ4v) is 1.61. The molecule has 0 aliphatic rings. The summed E-state index contributed by atoms with van der Waals surface area (Å²) in [5.41, 5.74) is 2.81. The second-order valence-electron chi connectivity index (χ2n) is 3.33. The van der Waals surface area contributed by atoms with E-state index in [0.29, 0.717) is 0 Å². The van der Waals surface area contributed by atoms with Gasteiger partial charge in [-0.25, -0.2) is 4.39 Å². The molecule has 0 nitrogen and oxygen atoms in total. The zero-order chi connectivity index (χ0) is 10.8. The molecule has 0 saturated heterocycles. The second kappa shape index (κ2) is 4.03. The average molecular weight is 220 g/mol. The van der Waals surface area contributed by atoms with Crippen LogP contribution in [-0.2, 0) is 0 Å². The Morgan fingerprint density at radius 2 is 1.73 bits per heavy atom. The van der Waals surface area contributed by atoms with Crippen LogP contribution in [0.3, 0.4) is 0 Å². The molecule has 0 heterocycles. The number of benzene rings is 2. The first kappa shape index (κ1) is 10.2. The minimum atomic E-state index is -0.397. The Balaban J connectivity index is 2.50. The topological polar surface area (TPSA) is 0 Å². The molecule has 0 bridgehead atoms. The van der Waals surface area contributed by atoms with Gasteiger partial charge in [-0.05, 0) is 35.7 Å². The summed E-state index contributed by atoms with van der Waals surface area (Å²) in [6, 6.07) is 12.4. The van der Waals surface area contributed by atoms with Crippen molar-refractivity contribution in [2.24, 2.45) is 0 Å². The van der Waals surface area contributed by atoms with Crippen molar-refractivity contribution >= 4 is 11.6 Å². The van der Waals surface area contributed by atoms with Crippen LogP contribution in [0, 0.1) is 12.7 Å². The van der Waals surface area contributed by atoms with Crippen molar-refractivity contribution in [3.05, 3.63) is 65.8 Å². The van der Waals surface area contributed by atoms with Gasteiger partial charge in [-0.15, -0.1) is 0 Å². The van der Waals surface area contributed by atoms with Crippen LogP contribution in [0.2, 0.25) is 5.02 Å². The first-order chi connectivity index (χ1) is 7.16. The molecule has 0 unspecified atom stereocenters. The molecular formula is C13H9ClF. The lowest BCUT2D eigenvalue weighted by molar-refractivity contribution is 0.628. The van der Waals surface area contributed by atoms with Gasteiger partial charge < -0.3 is 0 Å². The first-order valence-electron chi connectivity index (χ1n) is 4.54. The van der Waals surface area contributed by atoms with Crippen LogP contribution in [0.15, 0.2) is 42.5 Å². The van der Waals surface area contributed by atoms with E-state index in [1.54, 1.807) is 12.1 Å². The molecule has 2 rings (SSSR count). The number of halogens is 2. The standard InChI is InChI=1S/C13H9ClF/c1-9-3-2-4-10(7-9)11-5-6-13(15)12(14)8-11/h2-8H,1H2. The van der Waals surface area contributed by atoms with E-state index in [2.05, 4.69) is 6.92 Å². The molecule has 0 aliphatic heterocycles. The Hall–Kier alpha value is -1.34. The fraction of sp³-hybridized carbons (Fsp3) is 0. The van der Waals surface area contributed by atoms with Gasteiger partial charge in [-0.1, -0.05) is 41.9 Å². The highest BCUT2D eigenvalue weighted by atomic mass is 35.5. The van der Waals surface area contributed by atoms with Crippen LogP contribution in [0.4, 0.5) is 4.39 Å². The molecule has 2 aromatic rings. The van der Waals surface area contributed by atoms with Gasteiger partial charge in [0.25, 0.3) is 0 Å². The SMILES string of the molecule is [CH2]c1cccc(-c2ccc(F)c(Cl)c2)c1. The van der Waals surface area contributed by atoms with Gasteiger partial charge in [0, 0.05) is 0 Å². The molecule has 0 spiro atoms. The molecule has 2 aromatic carbocycles. The molecular weight excluding hydrogens is 211 g/mol. The Bertz CT molecular complexity index is 492. The summed E-state index contributed by atoms with van der Waals surface area (Å²) in [7, 11) is 0. The van der Waals surface area contributed by atoms with E-state index in [4.69, 9.17) is 11.6 Å². The maximum atomic E-state index is 12.9. The van der Waals surface area contributed by atoms with E-state index in [9.17, 15) is 4.39 Å². The molecule has 1 radical (unpaired) electrons. The highest BCUT2D eigenvalue weighted by Crippen LogP contribution is 2.25. The third-order valence-corrected chi connectivity index (χ3v) is 2.47.